The Morgan fingerprint density at radius 1 is 1.10 bits per heavy atom. The van der Waals surface area contributed by atoms with Crippen molar-refractivity contribution in [3.63, 3.8) is 0 Å². The average Bonchev–Trinajstić information content (AvgIpc) is 3.69. The van der Waals surface area contributed by atoms with Crippen LogP contribution in [0.15, 0.2) is 36.4 Å². The van der Waals surface area contributed by atoms with Gasteiger partial charge in [0.05, 0.1) is 55.1 Å². The van der Waals surface area contributed by atoms with Gasteiger partial charge in [0.25, 0.3) is 0 Å². The number of ether oxygens (including phenoxy) is 3. The third-order valence-corrected chi connectivity index (χ3v) is 10.1. The van der Waals surface area contributed by atoms with Gasteiger partial charge in [-0.3, -0.25) is 4.90 Å². The first-order valence-electron chi connectivity index (χ1n) is 17.1. The van der Waals surface area contributed by atoms with Gasteiger partial charge in [-0.15, -0.1) is 0 Å². The summed E-state index contributed by atoms with van der Waals surface area (Å²) >= 11 is 6.73. The number of morpholine rings is 1. The summed E-state index contributed by atoms with van der Waals surface area (Å²) in [6.07, 6.45) is 2.93. The minimum Gasteiger partial charge on any atom is -0.463 e. The van der Waals surface area contributed by atoms with Gasteiger partial charge in [-0.25, -0.2) is 4.79 Å². The zero-order valence-corrected chi connectivity index (χ0v) is 28.8. The SMILES string of the molecule is CC(C)(C)OC(=O)N1CCN(c2nc(OCCCN3C[C@@H]4C[C@H]3CO4)nc3c2CCN(c2cccc4cccc(Cl)c24)C3)C[C@@H]1CC#N. The van der Waals surface area contributed by atoms with Crippen LogP contribution in [0, 0.1) is 11.3 Å². The number of nitriles is 1. The molecule has 0 saturated carbocycles. The van der Waals surface area contributed by atoms with Crippen LogP contribution in [0.25, 0.3) is 10.8 Å². The zero-order chi connectivity index (χ0) is 33.4. The van der Waals surface area contributed by atoms with E-state index in [1.165, 1.54) is 0 Å². The highest BCUT2D eigenvalue weighted by Gasteiger charge is 2.39. The van der Waals surface area contributed by atoms with Crippen LogP contribution in [0.1, 0.15) is 51.3 Å². The van der Waals surface area contributed by atoms with Crippen LogP contribution >= 0.6 is 11.6 Å². The molecular weight excluding hydrogens is 630 g/mol. The van der Waals surface area contributed by atoms with Crippen molar-refractivity contribution in [2.45, 2.75) is 76.8 Å². The minimum absolute atomic E-state index is 0.200. The number of hydrogen-bond donors (Lipinski definition) is 0. The molecule has 12 heteroatoms. The van der Waals surface area contributed by atoms with E-state index >= 15 is 0 Å². The summed E-state index contributed by atoms with van der Waals surface area (Å²) in [5.74, 6) is 0.825. The van der Waals surface area contributed by atoms with Crippen molar-refractivity contribution in [2.75, 3.05) is 62.3 Å². The largest absolute Gasteiger partial charge is 0.463 e. The van der Waals surface area contributed by atoms with E-state index < -0.39 is 11.7 Å². The van der Waals surface area contributed by atoms with Crippen molar-refractivity contribution in [1.29, 1.82) is 5.26 Å². The molecular formula is C36H44ClN7O4. The van der Waals surface area contributed by atoms with Gasteiger partial charge in [0.15, 0.2) is 0 Å². The van der Waals surface area contributed by atoms with Crippen LogP contribution in [-0.2, 0) is 22.4 Å². The second-order valence-electron chi connectivity index (χ2n) is 14.2. The fraction of sp³-hybridized carbons (Fsp3) is 0.556. The van der Waals surface area contributed by atoms with Gasteiger partial charge in [0.1, 0.15) is 11.4 Å². The summed E-state index contributed by atoms with van der Waals surface area (Å²) < 4.78 is 17.7. The number of nitrogens with zero attached hydrogens (tertiary/aromatic N) is 7. The van der Waals surface area contributed by atoms with Gasteiger partial charge < -0.3 is 28.9 Å². The van der Waals surface area contributed by atoms with E-state index in [-0.39, 0.29) is 12.5 Å². The number of carbonyl (C=O) groups is 1. The van der Waals surface area contributed by atoms with E-state index in [4.69, 9.17) is 35.8 Å². The van der Waals surface area contributed by atoms with E-state index in [9.17, 15) is 10.1 Å². The second kappa shape index (κ2) is 13.6. The van der Waals surface area contributed by atoms with Crippen molar-refractivity contribution in [3.05, 3.63) is 52.7 Å². The minimum atomic E-state index is -0.619. The molecule has 0 radical (unpaired) electrons. The molecule has 2 bridgehead atoms. The molecule has 0 aliphatic carbocycles. The number of anilines is 2. The van der Waals surface area contributed by atoms with Gasteiger partial charge >= 0.3 is 12.1 Å². The Bertz CT molecular complexity index is 1700. The van der Waals surface area contributed by atoms with Gasteiger partial charge in [0, 0.05) is 61.9 Å². The normalized spacial score (nSPS) is 22.6. The molecule has 1 amide bonds. The molecule has 5 heterocycles. The van der Waals surface area contributed by atoms with E-state index in [1.807, 2.05) is 32.9 Å². The van der Waals surface area contributed by atoms with Crippen LogP contribution < -0.4 is 14.5 Å². The van der Waals surface area contributed by atoms with Crippen LogP contribution in [0.4, 0.5) is 16.3 Å². The first-order valence-corrected chi connectivity index (χ1v) is 17.5. The number of benzene rings is 2. The maximum atomic E-state index is 13.1. The smallest absolute Gasteiger partial charge is 0.410 e. The molecule has 3 saturated heterocycles. The number of amides is 1. The maximum Gasteiger partial charge on any atom is 0.410 e. The molecule has 3 fully saturated rings. The molecule has 48 heavy (non-hydrogen) atoms. The molecule has 4 aliphatic rings. The van der Waals surface area contributed by atoms with E-state index in [1.54, 1.807) is 4.90 Å². The topological polar surface area (TPSA) is 107 Å². The molecule has 7 rings (SSSR count). The summed E-state index contributed by atoms with van der Waals surface area (Å²) in [7, 11) is 0. The molecule has 0 N–H and O–H groups in total. The molecule has 0 spiro atoms. The molecule has 254 valence electrons. The number of aromatic nitrogens is 2. The van der Waals surface area contributed by atoms with Crippen LogP contribution in [0.2, 0.25) is 5.02 Å². The van der Waals surface area contributed by atoms with Gasteiger partial charge in [-0.1, -0.05) is 35.9 Å². The van der Waals surface area contributed by atoms with E-state index in [0.717, 1.165) is 84.1 Å². The summed E-state index contributed by atoms with van der Waals surface area (Å²) in [6, 6.07) is 15.1. The predicted molar refractivity (Wildman–Crippen MR) is 185 cm³/mol. The predicted octanol–water partition coefficient (Wildman–Crippen LogP) is 5.43. The Morgan fingerprint density at radius 3 is 2.69 bits per heavy atom. The maximum absolute atomic E-state index is 13.1. The van der Waals surface area contributed by atoms with E-state index in [0.29, 0.717) is 50.9 Å². The number of rotatable bonds is 8. The Kier molecular flexibility index (Phi) is 9.24. The average molecular weight is 674 g/mol. The van der Waals surface area contributed by atoms with Crippen LogP contribution in [0.5, 0.6) is 6.01 Å². The number of halogens is 1. The van der Waals surface area contributed by atoms with Gasteiger partial charge in [-0.05, 0) is 57.6 Å². The highest BCUT2D eigenvalue weighted by Crippen LogP contribution is 2.37. The summed E-state index contributed by atoms with van der Waals surface area (Å²) in [4.78, 5) is 31.8. The second-order valence-corrected chi connectivity index (χ2v) is 14.6. The molecule has 3 aromatic rings. The molecule has 4 aliphatic heterocycles. The molecule has 2 aromatic carbocycles. The number of hydrogen-bond acceptors (Lipinski definition) is 10. The number of carbonyl (C=O) groups excluding carboxylic acids is 1. The van der Waals surface area contributed by atoms with Crippen molar-refractivity contribution < 1.29 is 19.0 Å². The quantitative estimate of drug-likeness (QED) is 0.288. The molecule has 1 aromatic heterocycles. The lowest BCUT2D eigenvalue weighted by molar-refractivity contribution is 0.0144. The Labute approximate surface area is 287 Å². The highest BCUT2D eigenvalue weighted by atomic mass is 35.5. The number of fused-ring (bicyclic) bond motifs is 4. The third kappa shape index (κ3) is 6.84. The molecule has 0 unspecified atom stereocenters. The lowest BCUT2D eigenvalue weighted by Gasteiger charge is -2.42. The standard InChI is InChI=1S/C36H44ClN7O4/c1-36(2,3)48-35(45)44-17-16-43(20-25(44)11-13-38)33-28-12-15-42(31-10-5-8-24-7-4-9-29(37)32(24)31)22-30(28)39-34(40-33)46-18-6-14-41-21-27-19-26(41)23-47-27/h4-5,7-10,25-27H,6,11-12,14-23H2,1-3H3/t25-,26-,27-/m0/s1. The zero-order valence-electron chi connectivity index (χ0n) is 28.0. The first-order chi connectivity index (χ1) is 23.2. The first kappa shape index (κ1) is 32.7. The number of likely N-dealkylation sites (tertiary alicyclic amines) is 1. The van der Waals surface area contributed by atoms with E-state index in [2.05, 4.69) is 45.0 Å². The Hall–Kier alpha value is -3.85. The van der Waals surface area contributed by atoms with Crippen LogP contribution in [0.3, 0.4) is 0 Å². The molecule has 3 atom stereocenters. The fourth-order valence-corrected chi connectivity index (χ4v) is 7.81. The number of piperazine rings is 1. The van der Waals surface area contributed by atoms with Crippen molar-refractivity contribution in [1.82, 2.24) is 19.8 Å². The Morgan fingerprint density at radius 2 is 1.94 bits per heavy atom. The van der Waals surface area contributed by atoms with Crippen LogP contribution in [-0.4, -0.2) is 102 Å². The molecule has 11 nitrogen and oxygen atoms in total. The monoisotopic (exact) mass is 673 g/mol. The van der Waals surface area contributed by atoms with Gasteiger partial charge in [0.2, 0.25) is 0 Å². The summed E-state index contributed by atoms with van der Waals surface area (Å²) in [6.45, 7) is 11.7. The lowest BCUT2D eigenvalue weighted by Crippen LogP contribution is -2.56. The van der Waals surface area contributed by atoms with Crippen molar-refractivity contribution >= 4 is 40.0 Å². The third-order valence-electron chi connectivity index (χ3n) is 9.77. The summed E-state index contributed by atoms with van der Waals surface area (Å²) in [5.41, 5.74) is 2.46. The fourth-order valence-electron chi connectivity index (χ4n) is 7.53. The lowest BCUT2D eigenvalue weighted by atomic mass is 10.0. The Balaban J connectivity index is 1.14. The van der Waals surface area contributed by atoms with Gasteiger partial charge in [-0.2, -0.15) is 15.2 Å². The summed E-state index contributed by atoms with van der Waals surface area (Å²) in [5, 5.41) is 12.6. The van der Waals surface area contributed by atoms with Crippen molar-refractivity contribution in [2.24, 2.45) is 0 Å². The van der Waals surface area contributed by atoms with Crippen molar-refractivity contribution in [3.8, 4) is 12.1 Å². The highest BCUT2D eigenvalue weighted by molar-refractivity contribution is 6.36.